The fraction of sp³-hybridized carbons (Fsp3) is 0.333. The number of hydrogen-bond donors (Lipinski definition) is 1. The van der Waals surface area contributed by atoms with Gasteiger partial charge in [-0.1, -0.05) is 23.7 Å². The van der Waals surface area contributed by atoms with Crippen molar-refractivity contribution in [1.29, 1.82) is 0 Å². The predicted molar refractivity (Wildman–Crippen MR) is 76.9 cm³/mol. The highest BCUT2D eigenvalue weighted by molar-refractivity contribution is 6.30. The van der Waals surface area contributed by atoms with E-state index < -0.39 is 0 Å². The number of benzene rings is 1. The van der Waals surface area contributed by atoms with E-state index in [4.69, 9.17) is 11.6 Å². The van der Waals surface area contributed by atoms with Crippen molar-refractivity contribution in [3.63, 3.8) is 0 Å². The number of nitrogens with zero attached hydrogens (tertiary/aromatic N) is 1. The second kappa shape index (κ2) is 6.07. The van der Waals surface area contributed by atoms with Crippen molar-refractivity contribution in [1.82, 2.24) is 9.88 Å². The normalized spacial score (nSPS) is 12.6. The number of halogens is 1. The van der Waals surface area contributed by atoms with Gasteiger partial charge in [0.1, 0.15) is 0 Å². The first-order valence-corrected chi connectivity index (χ1v) is 6.60. The smallest absolute Gasteiger partial charge is 0.0408 e. The monoisotopic (exact) mass is 262 g/mol. The van der Waals surface area contributed by atoms with Gasteiger partial charge >= 0.3 is 0 Å². The Labute approximate surface area is 114 Å². The third kappa shape index (κ3) is 3.90. The van der Waals surface area contributed by atoms with Crippen molar-refractivity contribution in [2.24, 2.45) is 7.05 Å². The maximum absolute atomic E-state index is 5.98. The highest BCUT2D eigenvalue weighted by atomic mass is 35.5. The van der Waals surface area contributed by atoms with Gasteiger partial charge in [-0.2, -0.15) is 0 Å². The number of rotatable bonds is 5. The lowest BCUT2D eigenvalue weighted by Gasteiger charge is -2.13. The molecule has 0 radical (unpaired) electrons. The molecule has 0 saturated carbocycles. The Morgan fingerprint density at radius 2 is 2.11 bits per heavy atom. The summed E-state index contributed by atoms with van der Waals surface area (Å²) < 4.78 is 2.07. The van der Waals surface area contributed by atoms with Crippen LogP contribution in [0.5, 0.6) is 0 Å². The molecule has 0 bridgehead atoms. The van der Waals surface area contributed by atoms with Crippen LogP contribution >= 0.6 is 11.6 Å². The van der Waals surface area contributed by atoms with E-state index in [2.05, 4.69) is 41.3 Å². The molecule has 0 spiro atoms. The third-order valence-corrected chi connectivity index (χ3v) is 3.21. The standard InChI is InChI=1S/C15H19ClN2/c1-12(8-13-4-3-5-15(16)9-13)17-10-14-6-7-18(2)11-14/h3-7,9,11-12,17H,8,10H2,1-2H3. The number of hydrogen-bond acceptors (Lipinski definition) is 1. The topological polar surface area (TPSA) is 17.0 Å². The molecule has 1 aromatic carbocycles. The summed E-state index contributed by atoms with van der Waals surface area (Å²) in [6, 6.07) is 10.6. The van der Waals surface area contributed by atoms with E-state index in [9.17, 15) is 0 Å². The van der Waals surface area contributed by atoms with Gasteiger partial charge in [0.05, 0.1) is 0 Å². The predicted octanol–water partition coefficient (Wildman–Crippen LogP) is 3.40. The van der Waals surface area contributed by atoms with E-state index in [-0.39, 0.29) is 0 Å². The van der Waals surface area contributed by atoms with E-state index in [1.807, 2.05) is 25.2 Å². The molecular weight excluding hydrogens is 244 g/mol. The van der Waals surface area contributed by atoms with Crippen molar-refractivity contribution in [3.05, 3.63) is 58.9 Å². The zero-order valence-corrected chi connectivity index (χ0v) is 11.6. The lowest BCUT2D eigenvalue weighted by Crippen LogP contribution is -2.27. The van der Waals surface area contributed by atoms with Crippen LogP contribution in [0.15, 0.2) is 42.7 Å². The summed E-state index contributed by atoms with van der Waals surface area (Å²) in [5.41, 5.74) is 2.59. The first-order chi connectivity index (χ1) is 8.63. The molecule has 0 amide bonds. The maximum atomic E-state index is 5.98. The quantitative estimate of drug-likeness (QED) is 0.874. The van der Waals surface area contributed by atoms with E-state index in [1.54, 1.807) is 0 Å². The fourth-order valence-electron chi connectivity index (χ4n) is 2.05. The summed E-state index contributed by atoms with van der Waals surface area (Å²) >= 11 is 5.98. The SMILES string of the molecule is CC(Cc1cccc(Cl)c1)NCc1ccn(C)c1. The third-order valence-electron chi connectivity index (χ3n) is 2.98. The molecule has 1 aromatic heterocycles. The van der Waals surface area contributed by atoms with E-state index >= 15 is 0 Å². The van der Waals surface area contributed by atoms with Crippen LogP contribution in [-0.2, 0) is 20.0 Å². The van der Waals surface area contributed by atoms with Crippen LogP contribution in [0.2, 0.25) is 5.02 Å². The van der Waals surface area contributed by atoms with E-state index in [1.165, 1.54) is 11.1 Å². The minimum absolute atomic E-state index is 0.434. The van der Waals surface area contributed by atoms with Gasteiger partial charge in [0.25, 0.3) is 0 Å². The van der Waals surface area contributed by atoms with Gasteiger partial charge < -0.3 is 9.88 Å². The molecule has 0 aliphatic heterocycles. The van der Waals surface area contributed by atoms with Crippen LogP contribution in [-0.4, -0.2) is 10.6 Å². The zero-order valence-electron chi connectivity index (χ0n) is 10.9. The molecule has 1 heterocycles. The molecule has 1 unspecified atom stereocenters. The average molecular weight is 263 g/mol. The summed E-state index contributed by atoms with van der Waals surface area (Å²) in [6.45, 7) is 3.10. The summed E-state index contributed by atoms with van der Waals surface area (Å²) in [6.07, 6.45) is 5.20. The molecule has 96 valence electrons. The Balaban J connectivity index is 1.83. The highest BCUT2D eigenvalue weighted by Crippen LogP contribution is 2.12. The maximum Gasteiger partial charge on any atom is 0.0408 e. The molecule has 0 aliphatic carbocycles. The molecule has 2 rings (SSSR count). The second-order valence-electron chi connectivity index (χ2n) is 4.80. The highest BCUT2D eigenvalue weighted by Gasteiger charge is 2.04. The fourth-order valence-corrected chi connectivity index (χ4v) is 2.26. The van der Waals surface area contributed by atoms with Crippen molar-refractivity contribution in [2.75, 3.05) is 0 Å². The van der Waals surface area contributed by atoms with Gasteiger partial charge in [-0.05, 0) is 42.7 Å². The Bertz CT molecular complexity index is 505. The Morgan fingerprint density at radius 3 is 2.78 bits per heavy atom. The van der Waals surface area contributed by atoms with E-state index in [0.29, 0.717) is 6.04 Å². The van der Waals surface area contributed by atoms with Gasteiger partial charge in [-0.3, -0.25) is 0 Å². The van der Waals surface area contributed by atoms with Gasteiger partial charge in [0.2, 0.25) is 0 Å². The van der Waals surface area contributed by atoms with Gasteiger partial charge in [-0.25, -0.2) is 0 Å². The Morgan fingerprint density at radius 1 is 1.28 bits per heavy atom. The van der Waals surface area contributed by atoms with Crippen LogP contribution in [0.3, 0.4) is 0 Å². The first kappa shape index (κ1) is 13.2. The summed E-state index contributed by atoms with van der Waals surface area (Å²) in [7, 11) is 2.04. The Hall–Kier alpha value is -1.25. The molecular formula is C15H19ClN2. The van der Waals surface area contributed by atoms with Crippen LogP contribution in [0.4, 0.5) is 0 Å². The number of aromatic nitrogens is 1. The van der Waals surface area contributed by atoms with Crippen LogP contribution in [0.1, 0.15) is 18.1 Å². The molecule has 1 N–H and O–H groups in total. The molecule has 0 saturated heterocycles. The molecule has 1 atom stereocenters. The van der Waals surface area contributed by atoms with Gasteiger partial charge in [0.15, 0.2) is 0 Å². The molecule has 0 fully saturated rings. The van der Waals surface area contributed by atoms with Crippen molar-refractivity contribution >= 4 is 11.6 Å². The minimum Gasteiger partial charge on any atom is -0.357 e. The van der Waals surface area contributed by atoms with Crippen LogP contribution < -0.4 is 5.32 Å². The van der Waals surface area contributed by atoms with E-state index in [0.717, 1.165) is 18.0 Å². The summed E-state index contributed by atoms with van der Waals surface area (Å²) in [5.74, 6) is 0. The van der Waals surface area contributed by atoms with Crippen molar-refractivity contribution < 1.29 is 0 Å². The molecule has 18 heavy (non-hydrogen) atoms. The van der Waals surface area contributed by atoms with Crippen LogP contribution in [0.25, 0.3) is 0 Å². The molecule has 2 nitrogen and oxygen atoms in total. The Kier molecular flexibility index (Phi) is 4.45. The minimum atomic E-state index is 0.434. The number of nitrogens with one attached hydrogen (secondary N) is 1. The number of aryl methyl sites for hydroxylation is 1. The molecule has 3 heteroatoms. The lowest BCUT2D eigenvalue weighted by molar-refractivity contribution is 0.545. The van der Waals surface area contributed by atoms with Crippen LogP contribution in [0, 0.1) is 0 Å². The van der Waals surface area contributed by atoms with Crippen molar-refractivity contribution in [2.45, 2.75) is 25.9 Å². The van der Waals surface area contributed by atoms with Gasteiger partial charge in [-0.15, -0.1) is 0 Å². The van der Waals surface area contributed by atoms with Gasteiger partial charge in [0, 0.05) is 37.1 Å². The summed E-state index contributed by atoms with van der Waals surface area (Å²) in [4.78, 5) is 0. The molecule has 0 aliphatic rings. The zero-order chi connectivity index (χ0) is 13.0. The first-order valence-electron chi connectivity index (χ1n) is 6.22. The largest absolute Gasteiger partial charge is 0.357 e. The molecule has 2 aromatic rings. The average Bonchev–Trinajstić information content (AvgIpc) is 2.73. The van der Waals surface area contributed by atoms with Crippen molar-refractivity contribution in [3.8, 4) is 0 Å². The second-order valence-corrected chi connectivity index (χ2v) is 5.24. The summed E-state index contributed by atoms with van der Waals surface area (Å²) in [5, 5.41) is 4.33. The lowest BCUT2D eigenvalue weighted by atomic mass is 10.1.